The van der Waals surface area contributed by atoms with Crippen molar-refractivity contribution in [1.82, 2.24) is 30.2 Å². The lowest BCUT2D eigenvalue weighted by atomic mass is 10.1. The molecular weight excluding hydrogens is 242 g/mol. The number of nitrogens with one attached hydrogen (secondary N) is 1. The maximum Gasteiger partial charge on any atom is 0.109 e. The Kier molecular flexibility index (Phi) is 2.77. The Hall–Kier alpha value is -2.25. The van der Waals surface area contributed by atoms with E-state index < -0.39 is 0 Å². The second-order valence-corrected chi connectivity index (χ2v) is 4.41. The Balaban J connectivity index is 2.20. The molecule has 3 N–H and O–H groups in total. The van der Waals surface area contributed by atoms with Crippen molar-refractivity contribution in [1.29, 1.82) is 0 Å². The number of fused-ring (bicyclic) bond motifs is 1. The van der Waals surface area contributed by atoms with E-state index in [2.05, 4.69) is 20.8 Å². The Bertz CT molecular complexity index is 712. The summed E-state index contributed by atoms with van der Waals surface area (Å²) in [6.45, 7) is 0. The van der Waals surface area contributed by atoms with Gasteiger partial charge in [0.25, 0.3) is 0 Å². The van der Waals surface area contributed by atoms with Crippen LogP contribution in [0, 0.1) is 0 Å². The van der Waals surface area contributed by atoms with Crippen LogP contribution < -0.4 is 11.3 Å². The summed E-state index contributed by atoms with van der Waals surface area (Å²) < 4.78 is 3.53. The summed E-state index contributed by atoms with van der Waals surface area (Å²) >= 11 is 0. The smallest absolute Gasteiger partial charge is 0.109 e. The largest absolute Gasteiger partial charge is 0.270 e. The number of hydrazine groups is 1. The Morgan fingerprint density at radius 1 is 1.21 bits per heavy atom. The first-order chi connectivity index (χ1) is 9.22. The van der Waals surface area contributed by atoms with Crippen molar-refractivity contribution in [3.05, 3.63) is 41.9 Å². The number of nitrogens with two attached hydrogens (primary N) is 1. The van der Waals surface area contributed by atoms with Crippen LogP contribution in [0.4, 0.5) is 0 Å². The number of benzene rings is 1. The van der Waals surface area contributed by atoms with Crippen molar-refractivity contribution in [2.24, 2.45) is 19.9 Å². The number of aromatic nitrogens is 5. The minimum atomic E-state index is -0.244. The average Bonchev–Trinajstić information content (AvgIpc) is 2.98. The minimum Gasteiger partial charge on any atom is -0.270 e. The third-order valence-electron chi connectivity index (χ3n) is 3.27. The highest BCUT2D eigenvalue weighted by atomic mass is 15.4. The van der Waals surface area contributed by atoms with Crippen LogP contribution >= 0.6 is 0 Å². The number of hydrogen-bond donors (Lipinski definition) is 2. The van der Waals surface area contributed by atoms with E-state index in [4.69, 9.17) is 5.84 Å². The molecule has 7 nitrogen and oxygen atoms in total. The fraction of sp³-hybridized carbons (Fsp3) is 0.250. The molecule has 1 atom stereocenters. The van der Waals surface area contributed by atoms with Gasteiger partial charge in [0.05, 0.1) is 23.1 Å². The van der Waals surface area contributed by atoms with Gasteiger partial charge in [0.1, 0.15) is 6.04 Å². The van der Waals surface area contributed by atoms with Crippen LogP contribution in [-0.4, -0.2) is 24.8 Å². The number of rotatable bonds is 3. The molecule has 0 aliphatic heterocycles. The molecule has 0 aliphatic carbocycles. The molecule has 0 aliphatic rings. The van der Waals surface area contributed by atoms with E-state index in [9.17, 15) is 0 Å². The van der Waals surface area contributed by atoms with E-state index in [1.54, 1.807) is 10.9 Å². The number of nitrogens with zero attached hydrogens (tertiary/aromatic N) is 5. The zero-order chi connectivity index (χ0) is 13.4. The Morgan fingerprint density at radius 2 is 2.00 bits per heavy atom. The standard InChI is InChI=1S/C12H15N7/c1-18-9-6-4-3-5-8(9)11(16-18)12(15-13)10-7-14-17-19(10)2/h3-7,12,15H,13H2,1-2H3. The van der Waals surface area contributed by atoms with Gasteiger partial charge in [-0.2, -0.15) is 5.10 Å². The lowest BCUT2D eigenvalue weighted by Crippen LogP contribution is -2.31. The zero-order valence-electron chi connectivity index (χ0n) is 10.8. The molecule has 0 bridgehead atoms. The van der Waals surface area contributed by atoms with E-state index in [0.717, 1.165) is 22.3 Å². The van der Waals surface area contributed by atoms with Gasteiger partial charge in [-0.25, -0.2) is 5.43 Å². The zero-order valence-corrected chi connectivity index (χ0v) is 10.8. The first-order valence-electron chi connectivity index (χ1n) is 5.94. The van der Waals surface area contributed by atoms with Crippen LogP contribution in [0.2, 0.25) is 0 Å². The Labute approximate surface area is 110 Å². The third kappa shape index (κ3) is 1.79. The van der Waals surface area contributed by atoms with Gasteiger partial charge in [0, 0.05) is 19.5 Å². The van der Waals surface area contributed by atoms with Gasteiger partial charge < -0.3 is 0 Å². The Morgan fingerprint density at radius 3 is 2.68 bits per heavy atom. The lowest BCUT2D eigenvalue weighted by molar-refractivity contribution is 0.554. The second-order valence-electron chi connectivity index (χ2n) is 4.41. The summed E-state index contributed by atoms with van der Waals surface area (Å²) in [5.41, 5.74) is 5.59. The topological polar surface area (TPSA) is 86.6 Å². The first kappa shape index (κ1) is 11.8. The third-order valence-corrected chi connectivity index (χ3v) is 3.27. The highest BCUT2D eigenvalue weighted by Crippen LogP contribution is 2.26. The normalized spacial score (nSPS) is 13.0. The molecule has 2 aromatic heterocycles. The minimum absolute atomic E-state index is 0.244. The van der Waals surface area contributed by atoms with Crippen molar-refractivity contribution in [2.75, 3.05) is 0 Å². The predicted octanol–water partition coefficient (Wildman–Crippen LogP) is 0.255. The molecular formula is C12H15N7. The molecule has 7 heteroatoms. The van der Waals surface area contributed by atoms with E-state index >= 15 is 0 Å². The predicted molar refractivity (Wildman–Crippen MR) is 70.9 cm³/mol. The maximum absolute atomic E-state index is 5.70. The molecule has 3 rings (SSSR count). The molecule has 3 aromatic rings. The summed E-state index contributed by atoms with van der Waals surface area (Å²) in [5, 5.41) is 13.4. The van der Waals surface area contributed by atoms with Crippen LogP contribution in [-0.2, 0) is 14.1 Å². The van der Waals surface area contributed by atoms with E-state index in [-0.39, 0.29) is 6.04 Å². The monoisotopic (exact) mass is 257 g/mol. The van der Waals surface area contributed by atoms with Crippen molar-refractivity contribution in [2.45, 2.75) is 6.04 Å². The van der Waals surface area contributed by atoms with Crippen LogP contribution in [0.25, 0.3) is 10.9 Å². The van der Waals surface area contributed by atoms with Gasteiger partial charge in [-0.1, -0.05) is 23.4 Å². The van der Waals surface area contributed by atoms with Crippen molar-refractivity contribution < 1.29 is 0 Å². The summed E-state index contributed by atoms with van der Waals surface area (Å²) in [5.74, 6) is 5.70. The lowest BCUT2D eigenvalue weighted by Gasteiger charge is -2.13. The highest BCUT2D eigenvalue weighted by molar-refractivity contribution is 5.82. The molecule has 1 unspecified atom stereocenters. The molecule has 1 aromatic carbocycles. The molecule has 0 fully saturated rings. The second kappa shape index (κ2) is 4.45. The van der Waals surface area contributed by atoms with E-state index in [1.807, 2.05) is 43.0 Å². The summed E-state index contributed by atoms with van der Waals surface area (Å²) in [7, 11) is 3.75. The summed E-state index contributed by atoms with van der Waals surface area (Å²) in [6, 6.07) is 7.80. The van der Waals surface area contributed by atoms with E-state index in [1.165, 1.54) is 0 Å². The SMILES string of the molecule is Cn1nncc1C(NN)c1nn(C)c2ccccc12. The summed E-state index contributed by atoms with van der Waals surface area (Å²) in [6.07, 6.45) is 1.69. The van der Waals surface area contributed by atoms with Crippen LogP contribution in [0.3, 0.4) is 0 Å². The molecule has 0 spiro atoms. The first-order valence-corrected chi connectivity index (χ1v) is 5.94. The van der Waals surface area contributed by atoms with Gasteiger partial charge >= 0.3 is 0 Å². The van der Waals surface area contributed by atoms with Crippen molar-refractivity contribution >= 4 is 10.9 Å². The van der Waals surface area contributed by atoms with Gasteiger partial charge in [-0.15, -0.1) is 5.10 Å². The van der Waals surface area contributed by atoms with Crippen LogP contribution in [0.5, 0.6) is 0 Å². The van der Waals surface area contributed by atoms with E-state index in [0.29, 0.717) is 0 Å². The van der Waals surface area contributed by atoms with Gasteiger partial charge in [0.15, 0.2) is 0 Å². The molecule has 0 saturated carbocycles. The molecule has 0 saturated heterocycles. The molecule has 2 heterocycles. The molecule has 0 radical (unpaired) electrons. The van der Waals surface area contributed by atoms with Gasteiger partial charge in [-0.05, 0) is 6.07 Å². The average molecular weight is 257 g/mol. The fourth-order valence-electron chi connectivity index (χ4n) is 2.32. The van der Waals surface area contributed by atoms with Crippen molar-refractivity contribution in [3.63, 3.8) is 0 Å². The fourth-order valence-corrected chi connectivity index (χ4v) is 2.32. The van der Waals surface area contributed by atoms with Gasteiger partial charge in [0.2, 0.25) is 0 Å². The van der Waals surface area contributed by atoms with Crippen LogP contribution in [0.1, 0.15) is 17.4 Å². The summed E-state index contributed by atoms with van der Waals surface area (Å²) in [4.78, 5) is 0. The van der Waals surface area contributed by atoms with Gasteiger partial charge in [-0.3, -0.25) is 15.2 Å². The number of aryl methyl sites for hydroxylation is 2. The number of para-hydroxylation sites is 1. The highest BCUT2D eigenvalue weighted by Gasteiger charge is 2.22. The molecule has 19 heavy (non-hydrogen) atoms. The maximum atomic E-state index is 5.70. The number of hydrogen-bond acceptors (Lipinski definition) is 5. The van der Waals surface area contributed by atoms with Crippen LogP contribution in [0.15, 0.2) is 30.5 Å². The quantitative estimate of drug-likeness (QED) is 0.519. The molecule has 98 valence electrons. The van der Waals surface area contributed by atoms with Crippen molar-refractivity contribution in [3.8, 4) is 0 Å². The molecule has 0 amide bonds.